The number of nitrogens with one attached hydrogen (secondary N) is 2. The zero-order valence-corrected chi connectivity index (χ0v) is 12.4. The summed E-state index contributed by atoms with van der Waals surface area (Å²) in [4.78, 5) is 11.2. The number of amides is 2. The second kappa shape index (κ2) is 8.01. The molecule has 1 aliphatic rings. The molecule has 23 heavy (non-hydrogen) atoms. The van der Waals surface area contributed by atoms with Crippen molar-refractivity contribution in [1.82, 2.24) is 10.6 Å². The standard InChI is InChI=1S/C12H10ClN3O5S.Na.H/c13-10(21-8-3-1-2-7(4-8)5-14)9-6-15-12(17)16-11(9)22(18,19)20;;/h1-4,6,10-11H,(H2,15,16,17)(H,18,19,20);;. The number of benzene rings is 1. The molecule has 0 saturated carbocycles. The van der Waals surface area contributed by atoms with E-state index in [9.17, 15) is 13.2 Å². The predicted octanol–water partition coefficient (Wildman–Crippen LogP) is 0.264. The second-order valence-electron chi connectivity index (χ2n) is 4.23. The SMILES string of the molecule is N#Cc1cccc(OC(Cl)C2=CNC(=O)NC2S(=O)(=O)O)c1.[NaH]. The van der Waals surface area contributed by atoms with Gasteiger partial charge in [-0.25, -0.2) is 4.79 Å². The Morgan fingerprint density at radius 2 is 2.13 bits per heavy atom. The number of urea groups is 1. The fraction of sp³-hybridized carbons (Fsp3) is 0.167. The number of carbonyl (C=O) groups excluding carboxylic acids is 1. The molecule has 118 valence electrons. The van der Waals surface area contributed by atoms with E-state index in [1.54, 1.807) is 12.1 Å². The third-order valence-corrected chi connectivity index (χ3v) is 4.02. The minimum atomic E-state index is -4.62. The normalized spacial score (nSPS) is 18.4. The molecule has 1 heterocycles. The third kappa shape index (κ3) is 5.10. The first kappa shape index (κ1) is 19.8. The Balaban J connectivity index is 0.00000264. The molecule has 3 N–H and O–H groups in total. The maximum absolute atomic E-state index is 11.3. The Kier molecular flexibility index (Phi) is 6.88. The number of rotatable bonds is 4. The van der Waals surface area contributed by atoms with E-state index >= 15 is 0 Å². The first-order valence-electron chi connectivity index (χ1n) is 5.85. The van der Waals surface area contributed by atoms with E-state index in [-0.39, 0.29) is 40.9 Å². The average Bonchev–Trinajstić information content (AvgIpc) is 2.46. The average molecular weight is 368 g/mol. The van der Waals surface area contributed by atoms with Crippen LogP contribution in [0.15, 0.2) is 36.0 Å². The molecule has 0 fully saturated rings. The van der Waals surface area contributed by atoms with Gasteiger partial charge in [0.1, 0.15) is 5.75 Å². The van der Waals surface area contributed by atoms with Gasteiger partial charge in [0.2, 0.25) is 0 Å². The molecule has 0 bridgehead atoms. The molecule has 0 aromatic heterocycles. The summed E-state index contributed by atoms with van der Waals surface area (Å²) in [6.45, 7) is 0. The summed E-state index contributed by atoms with van der Waals surface area (Å²) < 4.78 is 37.1. The van der Waals surface area contributed by atoms with Crippen LogP contribution in [0, 0.1) is 11.3 Å². The van der Waals surface area contributed by atoms with Crippen molar-refractivity contribution in [3.8, 4) is 11.8 Å². The van der Waals surface area contributed by atoms with E-state index in [0.29, 0.717) is 5.56 Å². The number of halogens is 1. The monoisotopic (exact) mass is 367 g/mol. The number of carbonyl (C=O) groups is 1. The van der Waals surface area contributed by atoms with E-state index in [1.165, 1.54) is 12.1 Å². The van der Waals surface area contributed by atoms with Gasteiger partial charge in [-0.15, -0.1) is 0 Å². The maximum atomic E-state index is 11.3. The van der Waals surface area contributed by atoms with Crippen LogP contribution in [0.4, 0.5) is 4.79 Å². The number of alkyl halides is 1. The zero-order chi connectivity index (χ0) is 16.3. The van der Waals surface area contributed by atoms with Crippen molar-refractivity contribution in [2.75, 3.05) is 0 Å². The fourth-order valence-corrected chi connectivity index (χ4v) is 2.88. The zero-order valence-electron chi connectivity index (χ0n) is 10.9. The van der Waals surface area contributed by atoms with E-state index in [0.717, 1.165) is 6.20 Å². The molecule has 2 amide bonds. The van der Waals surface area contributed by atoms with E-state index in [4.69, 9.17) is 26.2 Å². The Morgan fingerprint density at radius 1 is 1.43 bits per heavy atom. The van der Waals surface area contributed by atoms with Crippen LogP contribution >= 0.6 is 11.6 Å². The van der Waals surface area contributed by atoms with Crippen LogP contribution in [-0.4, -0.2) is 59.5 Å². The van der Waals surface area contributed by atoms with Gasteiger partial charge in [-0.05, 0) is 18.2 Å². The van der Waals surface area contributed by atoms with Crippen LogP contribution in [0.3, 0.4) is 0 Å². The number of hydrogen-bond acceptors (Lipinski definition) is 5. The van der Waals surface area contributed by atoms with Crippen molar-refractivity contribution < 1.29 is 22.5 Å². The molecule has 2 rings (SSSR count). The summed E-state index contributed by atoms with van der Waals surface area (Å²) >= 11 is 6.00. The van der Waals surface area contributed by atoms with Crippen molar-refractivity contribution in [3.63, 3.8) is 0 Å². The summed E-state index contributed by atoms with van der Waals surface area (Å²) in [7, 11) is -4.62. The van der Waals surface area contributed by atoms with E-state index in [2.05, 4.69) is 5.32 Å². The Hall–Kier alpha value is -1.28. The quantitative estimate of drug-likeness (QED) is 0.398. The summed E-state index contributed by atoms with van der Waals surface area (Å²) in [5.74, 6) is 0.228. The molecule has 0 aliphatic carbocycles. The molecule has 1 aromatic rings. The number of nitrogens with zero attached hydrogens (tertiary/aromatic N) is 1. The molecule has 0 radical (unpaired) electrons. The van der Waals surface area contributed by atoms with Gasteiger partial charge >= 0.3 is 35.6 Å². The first-order chi connectivity index (χ1) is 10.3. The molecule has 8 nitrogen and oxygen atoms in total. The summed E-state index contributed by atoms with van der Waals surface area (Å²) in [5.41, 5.74) is -1.07. The van der Waals surface area contributed by atoms with E-state index < -0.39 is 27.1 Å². The molecule has 11 heteroatoms. The van der Waals surface area contributed by atoms with Crippen LogP contribution in [0.25, 0.3) is 0 Å². The second-order valence-corrected chi connectivity index (χ2v) is 6.13. The Bertz CT molecular complexity index is 777. The number of nitriles is 1. The Morgan fingerprint density at radius 3 is 2.74 bits per heavy atom. The van der Waals surface area contributed by atoms with Gasteiger partial charge < -0.3 is 15.4 Å². The topological polar surface area (TPSA) is 129 Å². The van der Waals surface area contributed by atoms with Gasteiger partial charge in [0.05, 0.1) is 11.6 Å². The first-order valence-corrected chi connectivity index (χ1v) is 7.79. The summed E-state index contributed by atoms with van der Waals surface area (Å²) in [5, 5.41) is 11.3. The molecular weight excluding hydrogens is 357 g/mol. The minimum absolute atomic E-state index is 0. The van der Waals surface area contributed by atoms with Gasteiger partial charge in [-0.3, -0.25) is 4.55 Å². The molecular formula is C12H11ClN3NaO5S. The third-order valence-electron chi connectivity index (χ3n) is 2.70. The Labute approximate surface area is 159 Å². The van der Waals surface area contributed by atoms with Crippen LogP contribution < -0.4 is 15.4 Å². The molecule has 1 aromatic carbocycles. The van der Waals surface area contributed by atoms with Gasteiger partial charge in [-0.1, -0.05) is 17.7 Å². The van der Waals surface area contributed by atoms with Crippen LogP contribution in [0.5, 0.6) is 5.75 Å². The summed E-state index contributed by atoms with van der Waals surface area (Å²) in [6, 6.07) is 7.16. The molecule has 1 aliphatic heterocycles. The van der Waals surface area contributed by atoms with Crippen LogP contribution in [-0.2, 0) is 10.1 Å². The van der Waals surface area contributed by atoms with Gasteiger partial charge in [0, 0.05) is 11.8 Å². The predicted molar refractivity (Wildman–Crippen MR) is 83.7 cm³/mol. The van der Waals surface area contributed by atoms with Gasteiger partial charge in [0.15, 0.2) is 10.9 Å². The van der Waals surface area contributed by atoms with Gasteiger partial charge in [0.25, 0.3) is 10.1 Å². The molecule has 0 spiro atoms. The molecule has 2 unspecified atom stereocenters. The van der Waals surface area contributed by atoms with Crippen molar-refractivity contribution in [2.24, 2.45) is 0 Å². The van der Waals surface area contributed by atoms with Crippen LogP contribution in [0.2, 0.25) is 0 Å². The molecule has 0 saturated heterocycles. The van der Waals surface area contributed by atoms with Crippen molar-refractivity contribution >= 4 is 57.3 Å². The van der Waals surface area contributed by atoms with Crippen LogP contribution in [0.1, 0.15) is 5.56 Å². The summed E-state index contributed by atoms with van der Waals surface area (Å²) in [6.07, 6.45) is 1.04. The number of hydrogen-bond donors (Lipinski definition) is 3. The van der Waals surface area contributed by atoms with Gasteiger partial charge in [-0.2, -0.15) is 13.7 Å². The van der Waals surface area contributed by atoms with Crippen molar-refractivity contribution in [2.45, 2.75) is 10.9 Å². The van der Waals surface area contributed by atoms with Crippen molar-refractivity contribution in [1.29, 1.82) is 5.26 Å². The fourth-order valence-electron chi connectivity index (χ4n) is 1.73. The van der Waals surface area contributed by atoms with E-state index in [1.807, 2.05) is 11.4 Å². The van der Waals surface area contributed by atoms with Crippen molar-refractivity contribution in [3.05, 3.63) is 41.6 Å². The number of ether oxygens (including phenoxy) is 1. The molecule has 2 atom stereocenters.